The molecule has 32 heavy (non-hydrogen) atoms. The number of nitrogens with zero attached hydrogens (tertiary/aromatic N) is 3. The first-order chi connectivity index (χ1) is 15.2. The Labute approximate surface area is 192 Å². The number of allylic oxidation sites excluding steroid dienone is 2. The number of amides is 1. The van der Waals surface area contributed by atoms with Gasteiger partial charge in [-0.2, -0.15) is 5.10 Å². The number of nitrogens with one attached hydrogen (secondary N) is 3. The zero-order valence-electron chi connectivity index (χ0n) is 20.5. The second-order valence-electron chi connectivity index (χ2n) is 9.17. The second-order valence-corrected chi connectivity index (χ2v) is 9.17. The Morgan fingerprint density at radius 2 is 2.16 bits per heavy atom. The maximum absolute atomic E-state index is 12.1. The molecule has 1 aliphatic carbocycles. The number of hydrogen-bond donors (Lipinski definition) is 3. The van der Waals surface area contributed by atoms with Crippen molar-refractivity contribution in [2.24, 2.45) is 4.99 Å². The van der Waals surface area contributed by atoms with Gasteiger partial charge in [0.15, 0.2) is 5.82 Å². The van der Waals surface area contributed by atoms with Gasteiger partial charge in [-0.15, -0.1) is 0 Å². The van der Waals surface area contributed by atoms with Crippen LogP contribution in [-0.2, 0) is 4.74 Å². The molecule has 8 nitrogen and oxygen atoms in total. The topological polar surface area (TPSA) is 94.6 Å². The second kappa shape index (κ2) is 12.3. The number of ether oxygens (including phenoxy) is 1. The Morgan fingerprint density at radius 3 is 2.78 bits per heavy atom. The van der Waals surface area contributed by atoms with Gasteiger partial charge in [0.2, 0.25) is 0 Å². The van der Waals surface area contributed by atoms with Gasteiger partial charge in [0.05, 0.1) is 0 Å². The fourth-order valence-corrected chi connectivity index (χ4v) is 2.93. The normalized spacial score (nSPS) is 15.2. The Bertz CT molecular complexity index is 815. The van der Waals surface area contributed by atoms with Crippen molar-refractivity contribution in [1.29, 1.82) is 0 Å². The first-order valence-electron chi connectivity index (χ1n) is 11.6. The fourth-order valence-electron chi connectivity index (χ4n) is 2.93. The molecular formula is C24H40N6O2. The van der Waals surface area contributed by atoms with Crippen molar-refractivity contribution in [2.45, 2.75) is 78.2 Å². The van der Waals surface area contributed by atoms with Crippen LogP contribution in [0.5, 0.6) is 0 Å². The molecule has 178 valence electrons. The highest BCUT2D eigenvalue weighted by Crippen LogP contribution is 2.39. The van der Waals surface area contributed by atoms with Crippen LogP contribution in [-0.4, -0.2) is 52.8 Å². The molecule has 1 aromatic heterocycles. The standard InChI is InChI=1S/C24H40N6O2/c1-7-9-12-20(25-15-10-16-30(6)23(31)32-24(3,4)5)26-21(11-8-2)27-22-17-19(28-29-22)18-13-14-18/h8,11-12,17-18,25H,7,9-10,13-16H2,1-6H3,(H2,26,27,28,29)/b11-8-,20-12+. The van der Waals surface area contributed by atoms with Crippen LogP contribution in [0.3, 0.4) is 0 Å². The third kappa shape index (κ3) is 9.58. The highest BCUT2D eigenvalue weighted by molar-refractivity contribution is 6.03. The molecule has 0 unspecified atom stereocenters. The van der Waals surface area contributed by atoms with Crippen LogP contribution in [0, 0.1) is 0 Å². The summed E-state index contributed by atoms with van der Waals surface area (Å²) in [5.74, 6) is 2.94. The molecule has 0 aromatic carbocycles. The van der Waals surface area contributed by atoms with Gasteiger partial charge in [-0.25, -0.2) is 9.79 Å². The summed E-state index contributed by atoms with van der Waals surface area (Å²) in [6, 6.07) is 2.06. The van der Waals surface area contributed by atoms with E-state index < -0.39 is 5.60 Å². The van der Waals surface area contributed by atoms with Crippen LogP contribution >= 0.6 is 0 Å². The summed E-state index contributed by atoms with van der Waals surface area (Å²) in [6.07, 6.45) is 10.9. The number of aromatic nitrogens is 2. The molecule has 8 heteroatoms. The highest BCUT2D eigenvalue weighted by atomic mass is 16.6. The lowest BCUT2D eigenvalue weighted by Gasteiger charge is -2.24. The molecular weight excluding hydrogens is 404 g/mol. The zero-order chi connectivity index (χ0) is 23.6. The molecule has 0 spiro atoms. The van der Waals surface area contributed by atoms with E-state index in [1.807, 2.05) is 39.8 Å². The third-order valence-electron chi connectivity index (χ3n) is 4.74. The summed E-state index contributed by atoms with van der Waals surface area (Å²) < 4.78 is 5.40. The predicted molar refractivity (Wildman–Crippen MR) is 131 cm³/mol. The lowest BCUT2D eigenvalue weighted by molar-refractivity contribution is 0.0297. The summed E-state index contributed by atoms with van der Waals surface area (Å²) in [7, 11) is 1.76. The molecule has 2 rings (SSSR count). The van der Waals surface area contributed by atoms with Crippen molar-refractivity contribution in [2.75, 3.05) is 25.5 Å². The molecule has 1 aromatic rings. The molecule has 3 N–H and O–H groups in total. The monoisotopic (exact) mass is 444 g/mol. The van der Waals surface area contributed by atoms with Gasteiger partial charge in [0, 0.05) is 37.8 Å². The van der Waals surface area contributed by atoms with Crippen LogP contribution in [0.25, 0.3) is 0 Å². The van der Waals surface area contributed by atoms with E-state index in [-0.39, 0.29) is 6.09 Å². The quantitative estimate of drug-likeness (QED) is 0.249. The van der Waals surface area contributed by atoms with E-state index in [0.717, 1.165) is 36.7 Å². The van der Waals surface area contributed by atoms with Crippen molar-refractivity contribution < 1.29 is 9.53 Å². The molecule has 1 amide bonds. The average Bonchev–Trinajstić information content (AvgIpc) is 3.47. The summed E-state index contributed by atoms with van der Waals surface area (Å²) in [6.45, 7) is 11.0. The summed E-state index contributed by atoms with van der Waals surface area (Å²) >= 11 is 0. The largest absolute Gasteiger partial charge is 0.444 e. The van der Waals surface area contributed by atoms with Crippen molar-refractivity contribution in [3.8, 4) is 0 Å². The van der Waals surface area contributed by atoms with Crippen LogP contribution in [0.1, 0.15) is 78.3 Å². The Balaban J connectivity index is 1.92. The van der Waals surface area contributed by atoms with Crippen molar-refractivity contribution >= 4 is 17.7 Å². The average molecular weight is 445 g/mol. The third-order valence-corrected chi connectivity index (χ3v) is 4.74. The molecule has 0 radical (unpaired) electrons. The van der Waals surface area contributed by atoms with E-state index in [1.165, 1.54) is 18.5 Å². The van der Waals surface area contributed by atoms with E-state index in [1.54, 1.807) is 11.9 Å². The predicted octanol–water partition coefficient (Wildman–Crippen LogP) is 5.16. The van der Waals surface area contributed by atoms with Crippen molar-refractivity contribution in [1.82, 2.24) is 20.4 Å². The van der Waals surface area contributed by atoms with E-state index in [0.29, 0.717) is 19.0 Å². The molecule has 0 aliphatic heterocycles. The van der Waals surface area contributed by atoms with Gasteiger partial charge in [-0.1, -0.05) is 19.4 Å². The van der Waals surface area contributed by atoms with E-state index in [9.17, 15) is 4.79 Å². The summed E-state index contributed by atoms with van der Waals surface area (Å²) in [5.41, 5.74) is 0.694. The number of hydrogen-bond acceptors (Lipinski definition) is 5. The molecule has 1 heterocycles. The number of carbonyl (C=O) groups is 1. The molecule has 1 saturated carbocycles. The molecule has 0 atom stereocenters. The van der Waals surface area contributed by atoms with Gasteiger partial charge in [-0.3, -0.25) is 5.10 Å². The van der Waals surface area contributed by atoms with Crippen molar-refractivity contribution in [3.05, 3.63) is 35.8 Å². The number of H-pyrrole nitrogens is 1. The number of amidine groups is 1. The first kappa shape index (κ1) is 25.5. The number of carbonyl (C=O) groups excluding carboxylic acids is 1. The van der Waals surface area contributed by atoms with Gasteiger partial charge < -0.3 is 20.3 Å². The maximum Gasteiger partial charge on any atom is 0.410 e. The summed E-state index contributed by atoms with van der Waals surface area (Å²) in [4.78, 5) is 18.5. The summed E-state index contributed by atoms with van der Waals surface area (Å²) in [5, 5.41) is 14.2. The SMILES string of the molecule is C\C=C/C(=N\C(=C\CCC)NCCCN(C)C(=O)OC(C)(C)C)Nc1cc(C2CC2)[nH]n1. The minimum absolute atomic E-state index is 0.304. The Hall–Kier alpha value is -2.77. The van der Waals surface area contributed by atoms with E-state index in [2.05, 4.69) is 39.9 Å². The minimum atomic E-state index is -0.488. The maximum atomic E-state index is 12.1. The van der Waals surface area contributed by atoms with E-state index in [4.69, 9.17) is 9.73 Å². The number of anilines is 1. The zero-order valence-corrected chi connectivity index (χ0v) is 20.5. The molecule has 0 bridgehead atoms. The minimum Gasteiger partial charge on any atom is -0.444 e. The fraction of sp³-hybridized carbons (Fsp3) is 0.625. The molecule has 0 saturated heterocycles. The lowest BCUT2D eigenvalue weighted by atomic mass is 10.2. The number of rotatable bonds is 11. The van der Waals surface area contributed by atoms with Gasteiger partial charge in [0.1, 0.15) is 17.3 Å². The number of aromatic amines is 1. The highest BCUT2D eigenvalue weighted by Gasteiger charge is 2.25. The smallest absolute Gasteiger partial charge is 0.410 e. The number of unbranched alkanes of at least 4 members (excludes halogenated alkanes) is 1. The van der Waals surface area contributed by atoms with Crippen LogP contribution in [0.2, 0.25) is 0 Å². The molecule has 1 aliphatic rings. The van der Waals surface area contributed by atoms with Gasteiger partial charge in [0.25, 0.3) is 0 Å². The van der Waals surface area contributed by atoms with Gasteiger partial charge in [-0.05, 0) is 65.5 Å². The first-order valence-corrected chi connectivity index (χ1v) is 11.6. The van der Waals surface area contributed by atoms with Crippen LogP contribution in [0.15, 0.2) is 35.1 Å². The van der Waals surface area contributed by atoms with Crippen LogP contribution < -0.4 is 10.6 Å². The van der Waals surface area contributed by atoms with Gasteiger partial charge >= 0.3 is 6.09 Å². The van der Waals surface area contributed by atoms with Crippen molar-refractivity contribution in [3.63, 3.8) is 0 Å². The van der Waals surface area contributed by atoms with Crippen LogP contribution in [0.4, 0.5) is 10.6 Å². The number of aliphatic imine (C=N–C) groups is 1. The lowest BCUT2D eigenvalue weighted by Crippen LogP contribution is -2.35. The molecule has 1 fully saturated rings. The Morgan fingerprint density at radius 1 is 1.41 bits per heavy atom. The van der Waals surface area contributed by atoms with E-state index >= 15 is 0 Å². The Kier molecular flexibility index (Phi) is 9.81.